The second kappa shape index (κ2) is 11.4. The average Bonchev–Trinajstić information content (AvgIpc) is 3.81. The van der Waals surface area contributed by atoms with Crippen LogP contribution < -0.4 is 0 Å². The maximum atomic E-state index is 6.57. The summed E-state index contributed by atoms with van der Waals surface area (Å²) in [6, 6.07) is 66.7. The summed E-state index contributed by atoms with van der Waals surface area (Å²) in [4.78, 5) is 0. The second-order valence-electron chi connectivity index (χ2n) is 14.3. The smallest absolute Gasteiger partial charge is 0.144 e. The number of thiophene rings is 1. The van der Waals surface area contributed by atoms with E-state index in [4.69, 9.17) is 4.42 Å². The number of fused-ring (bicyclic) bond motifs is 12. The summed E-state index contributed by atoms with van der Waals surface area (Å²) < 4.78 is 9.09. The van der Waals surface area contributed by atoms with E-state index in [1.807, 2.05) is 17.4 Å². The zero-order valence-corrected chi connectivity index (χ0v) is 30.0. The first-order valence-electron chi connectivity index (χ1n) is 18.5. The predicted octanol–water partition coefficient (Wildman–Crippen LogP) is 15.6. The quantitative estimate of drug-likeness (QED) is 0.167. The van der Waals surface area contributed by atoms with Crippen LogP contribution in [0, 0.1) is 0 Å². The van der Waals surface area contributed by atoms with Gasteiger partial charge in [-0.1, -0.05) is 146 Å². The van der Waals surface area contributed by atoms with Crippen LogP contribution in [0.25, 0.3) is 119 Å². The van der Waals surface area contributed by atoms with E-state index in [1.165, 1.54) is 107 Å². The lowest BCUT2D eigenvalue weighted by Crippen LogP contribution is -1.91. The normalized spacial score (nSPS) is 12.1. The number of rotatable bonds is 3. The summed E-state index contributed by atoms with van der Waals surface area (Å²) in [5, 5.41) is 14.9. The second-order valence-corrected chi connectivity index (χ2v) is 15.4. The van der Waals surface area contributed by atoms with Gasteiger partial charge in [0.05, 0.1) is 0 Å². The van der Waals surface area contributed by atoms with Gasteiger partial charge in [-0.25, -0.2) is 0 Å². The molecule has 0 saturated carbocycles. The highest BCUT2D eigenvalue weighted by Gasteiger charge is 2.20. The van der Waals surface area contributed by atoms with Crippen LogP contribution >= 0.6 is 11.3 Å². The monoisotopic (exact) mass is 702 g/mol. The van der Waals surface area contributed by atoms with Crippen molar-refractivity contribution < 1.29 is 4.42 Å². The average molecular weight is 703 g/mol. The molecule has 0 saturated heterocycles. The lowest BCUT2D eigenvalue weighted by molar-refractivity contribution is 0.673. The minimum atomic E-state index is 0.935. The van der Waals surface area contributed by atoms with Gasteiger partial charge in [0, 0.05) is 30.9 Å². The largest absolute Gasteiger partial charge is 0.455 e. The van der Waals surface area contributed by atoms with Crippen LogP contribution in [0.3, 0.4) is 0 Å². The predicted molar refractivity (Wildman–Crippen MR) is 233 cm³/mol. The van der Waals surface area contributed by atoms with Crippen LogP contribution in [0.1, 0.15) is 0 Å². The number of para-hydroxylation sites is 1. The van der Waals surface area contributed by atoms with E-state index < -0.39 is 0 Å². The van der Waals surface area contributed by atoms with Gasteiger partial charge in [-0.2, -0.15) is 0 Å². The van der Waals surface area contributed by atoms with Gasteiger partial charge in [-0.3, -0.25) is 0 Å². The molecular formula is C52H30OS. The molecule has 0 unspecified atom stereocenters. The molecule has 0 aliphatic carbocycles. The lowest BCUT2D eigenvalue weighted by atomic mass is 9.85. The van der Waals surface area contributed by atoms with Gasteiger partial charge in [-0.15, -0.1) is 11.3 Å². The van der Waals surface area contributed by atoms with E-state index in [2.05, 4.69) is 176 Å². The number of hydrogen-bond donors (Lipinski definition) is 0. The molecule has 1 nitrogen and oxygen atoms in total. The summed E-state index contributed by atoms with van der Waals surface area (Å²) in [5.74, 6) is 0. The third kappa shape index (κ3) is 4.26. The molecular weight excluding hydrogens is 673 g/mol. The summed E-state index contributed by atoms with van der Waals surface area (Å²) >= 11 is 1.85. The summed E-state index contributed by atoms with van der Waals surface area (Å²) in [7, 11) is 0. The van der Waals surface area contributed by atoms with Crippen LogP contribution in [0.4, 0.5) is 0 Å². The van der Waals surface area contributed by atoms with Crippen molar-refractivity contribution in [2.45, 2.75) is 0 Å². The van der Waals surface area contributed by atoms with Crippen molar-refractivity contribution in [2.75, 3.05) is 0 Å². The van der Waals surface area contributed by atoms with Gasteiger partial charge in [0.1, 0.15) is 11.2 Å². The van der Waals surface area contributed by atoms with Gasteiger partial charge in [-0.05, 0) is 113 Å². The molecule has 0 bridgehead atoms. The summed E-state index contributed by atoms with van der Waals surface area (Å²) in [6.07, 6.45) is 0. The van der Waals surface area contributed by atoms with Crippen LogP contribution in [-0.2, 0) is 0 Å². The van der Waals surface area contributed by atoms with Crippen molar-refractivity contribution in [1.82, 2.24) is 0 Å². The third-order valence-electron chi connectivity index (χ3n) is 11.4. The summed E-state index contributed by atoms with van der Waals surface area (Å²) in [6.45, 7) is 0. The molecule has 0 spiro atoms. The topological polar surface area (TPSA) is 13.1 Å². The van der Waals surface area contributed by atoms with Crippen LogP contribution in [0.15, 0.2) is 186 Å². The highest BCUT2D eigenvalue weighted by Crippen LogP contribution is 2.48. The first-order chi connectivity index (χ1) is 26.8. The van der Waals surface area contributed by atoms with Gasteiger partial charge in [0.2, 0.25) is 0 Å². The minimum absolute atomic E-state index is 0.935. The first kappa shape index (κ1) is 29.8. The maximum absolute atomic E-state index is 6.57. The van der Waals surface area contributed by atoms with Gasteiger partial charge >= 0.3 is 0 Å². The highest BCUT2D eigenvalue weighted by atomic mass is 32.1. The Balaban J connectivity index is 1.04. The van der Waals surface area contributed by atoms with E-state index >= 15 is 0 Å². The van der Waals surface area contributed by atoms with Crippen molar-refractivity contribution in [3.63, 3.8) is 0 Å². The molecule has 12 aromatic rings. The van der Waals surface area contributed by atoms with E-state index in [1.54, 1.807) is 0 Å². The molecule has 54 heavy (non-hydrogen) atoms. The number of furan rings is 1. The third-order valence-corrected chi connectivity index (χ3v) is 12.5. The van der Waals surface area contributed by atoms with Crippen molar-refractivity contribution in [1.29, 1.82) is 0 Å². The molecule has 0 aliphatic heterocycles. The maximum Gasteiger partial charge on any atom is 0.144 e. The molecule has 250 valence electrons. The standard InChI is InChI=1S/C52H30OS/c1-2-12-31(13-3-1)48-39-17-6-8-19-41(39)49(42-20-9-7-18-40(42)48)35-25-23-32-28-34(24-22-33(32)29-35)44-30-47-50(38-16-5-4-14-36(38)44)51-46(54-47)27-26-43-37-15-10-11-21-45(37)53-52(43)51/h1-30H. The van der Waals surface area contributed by atoms with Crippen molar-refractivity contribution in [3.8, 4) is 33.4 Å². The molecule has 0 amide bonds. The molecule has 12 rings (SSSR count). The highest BCUT2D eigenvalue weighted by molar-refractivity contribution is 7.26. The van der Waals surface area contributed by atoms with Crippen molar-refractivity contribution in [2.24, 2.45) is 0 Å². The molecule has 0 fully saturated rings. The molecule has 2 heterocycles. The Morgan fingerprint density at radius 3 is 1.59 bits per heavy atom. The van der Waals surface area contributed by atoms with Crippen molar-refractivity contribution in [3.05, 3.63) is 182 Å². The molecule has 0 N–H and O–H groups in total. The Bertz CT molecular complexity index is 3440. The molecule has 0 radical (unpaired) electrons. The first-order valence-corrected chi connectivity index (χ1v) is 19.3. The molecule has 10 aromatic carbocycles. The van der Waals surface area contributed by atoms with Crippen LogP contribution in [-0.4, -0.2) is 0 Å². The van der Waals surface area contributed by atoms with Crippen LogP contribution in [0.5, 0.6) is 0 Å². The summed E-state index contributed by atoms with van der Waals surface area (Å²) in [5.41, 5.74) is 9.45. The fourth-order valence-electron chi connectivity index (χ4n) is 9.06. The van der Waals surface area contributed by atoms with E-state index in [0.717, 1.165) is 11.2 Å². The number of hydrogen-bond acceptors (Lipinski definition) is 2. The lowest BCUT2D eigenvalue weighted by Gasteiger charge is -2.18. The Morgan fingerprint density at radius 1 is 0.333 bits per heavy atom. The van der Waals surface area contributed by atoms with E-state index in [9.17, 15) is 0 Å². The van der Waals surface area contributed by atoms with Gasteiger partial charge in [0.15, 0.2) is 0 Å². The Kier molecular flexibility index (Phi) is 6.28. The fourth-order valence-corrected chi connectivity index (χ4v) is 10.2. The molecule has 2 heteroatoms. The molecule has 0 aliphatic rings. The minimum Gasteiger partial charge on any atom is -0.455 e. The Labute approximate surface area is 314 Å². The number of benzene rings is 10. The van der Waals surface area contributed by atoms with E-state index in [0.29, 0.717) is 0 Å². The zero-order chi connectivity index (χ0) is 35.3. The van der Waals surface area contributed by atoms with E-state index in [-0.39, 0.29) is 0 Å². The Hall–Kier alpha value is -6.74. The Morgan fingerprint density at radius 2 is 0.889 bits per heavy atom. The van der Waals surface area contributed by atoms with Crippen molar-refractivity contribution >= 4 is 96.5 Å². The van der Waals surface area contributed by atoms with Crippen LogP contribution in [0.2, 0.25) is 0 Å². The zero-order valence-electron chi connectivity index (χ0n) is 29.1. The van der Waals surface area contributed by atoms with Gasteiger partial charge < -0.3 is 4.42 Å². The SMILES string of the molecule is c1ccc(-c2c3ccccc3c(-c3ccc4cc(-c5cc6sc7ccc8c9ccccc9oc8c7c6c6ccccc56)ccc4c3)c3ccccc23)cc1. The molecule has 2 aromatic heterocycles. The fraction of sp³-hybridized carbons (Fsp3) is 0. The van der Waals surface area contributed by atoms with Gasteiger partial charge in [0.25, 0.3) is 0 Å². The molecule has 0 atom stereocenters.